The molecule has 5 nitrogen and oxygen atoms in total. The first-order valence-electron chi connectivity index (χ1n) is 5.60. The van der Waals surface area contributed by atoms with E-state index >= 15 is 0 Å². The molecule has 94 valence electrons. The number of aliphatic carboxylic acids is 1. The minimum Gasteiger partial charge on any atom is -0.481 e. The summed E-state index contributed by atoms with van der Waals surface area (Å²) in [6.45, 7) is 2.16. The average Bonchev–Trinajstić information content (AvgIpc) is 2.59. The van der Waals surface area contributed by atoms with Crippen molar-refractivity contribution in [1.29, 1.82) is 0 Å². The van der Waals surface area contributed by atoms with E-state index in [1.54, 1.807) is 0 Å². The summed E-state index contributed by atoms with van der Waals surface area (Å²) in [6.07, 6.45) is 3.90. The molecule has 1 aliphatic carbocycles. The van der Waals surface area contributed by atoms with Crippen molar-refractivity contribution in [3.63, 3.8) is 0 Å². The standard InChI is InChI=1S/C10H15N3O2S2/c1-6(7-3-2-4-7)11-9-12-13-10(17-9)16-5-8(14)15/h6-7H,2-5H2,1H3,(H,11,12)(H,14,15). The van der Waals surface area contributed by atoms with Gasteiger partial charge in [0.1, 0.15) is 0 Å². The third kappa shape index (κ3) is 3.57. The van der Waals surface area contributed by atoms with Gasteiger partial charge in [-0.1, -0.05) is 29.5 Å². The Morgan fingerprint density at radius 3 is 3.00 bits per heavy atom. The Morgan fingerprint density at radius 1 is 1.65 bits per heavy atom. The summed E-state index contributed by atoms with van der Waals surface area (Å²) >= 11 is 2.63. The molecule has 1 unspecified atom stereocenters. The lowest BCUT2D eigenvalue weighted by Crippen LogP contribution is -2.30. The monoisotopic (exact) mass is 273 g/mol. The van der Waals surface area contributed by atoms with Crippen LogP contribution in [0, 0.1) is 5.92 Å². The molecule has 1 atom stereocenters. The van der Waals surface area contributed by atoms with Crippen LogP contribution in [0.2, 0.25) is 0 Å². The van der Waals surface area contributed by atoms with E-state index in [4.69, 9.17) is 5.11 Å². The number of thioether (sulfide) groups is 1. The zero-order chi connectivity index (χ0) is 12.3. The van der Waals surface area contributed by atoms with Crippen molar-refractivity contribution in [3.8, 4) is 0 Å². The molecule has 1 aromatic heterocycles. The maximum atomic E-state index is 10.4. The Morgan fingerprint density at radius 2 is 2.41 bits per heavy atom. The van der Waals surface area contributed by atoms with Crippen LogP contribution in [0.5, 0.6) is 0 Å². The summed E-state index contributed by atoms with van der Waals surface area (Å²) in [7, 11) is 0. The van der Waals surface area contributed by atoms with Gasteiger partial charge in [0.25, 0.3) is 0 Å². The van der Waals surface area contributed by atoms with Gasteiger partial charge < -0.3 is 10.4 Å². The van der Waals surface area contributed by atoms with E-state index in [0.29, 0.717) is 10.4 Å². The molecule has 2 N–H and O–H groups in total. The summed E-state index contributed by atoms with van der Waals surface area (Å²) in [5.74, 6) is -0.0520. The van der Waals surface area contributed by atoms with Crippen molar-refractivity contribution >= 4 is 34.2 Å². The Bertz CT molecular complexity index is 393. The van der Waals surface area contributed by atoms with E-state index in [-0.39, 0.29) is 5.75 Å². The van der Waals surface area contributed by atoms with E-state index in [0.717, 1.165) is 11.0 Å². The number of aromatic nitrogens is 2. The molecule has 1 fully saturated rings. The Hall–Kier alpha value is -0.820. The predicted molar refractivity (Wildman–Crippen MR) is 68.7 cm³/mol. The zero-order valence-electron chi connectivity index (χ0n) is 9.55. The minimum atomic E-state index is -0.831. The number of nitrogens with one attached hydrogen (secondary N) is 1. The quantitative estimate of drug-likeness (QED) is 0.775. The molecule has 2 rings (SSSR count). The molecular formula is C10H15N3O2S2. The van der Waals surface area contributed by atoms with Gasteiger partial charge in [0, 0.05) is 6.04 Å². The van der Waals surface area contributed by atoms with Crippen LogP contribution in [0.15, 0.2) is 4.34 Å². The number of carboxylic acids is 1. The number of carbonyl (C=O) groups is 1. The fourth-order valence-corrected chi connectivity index (χ4v) is 3.27. The fourth-order valence-electron chi connectivity index (χ4n) is 1.70. The minimum absolute atomic E-state index is 0.0345. The summed E-state index contributed by atoms with van der Waals surface area (Å²) in [5.41, 5.74) is 0. The van der Waals surface area contributed by atoms with Crippen molar-refractivity contribution in [2.75, 3.05) is 11.1 Å². The molecule has 1 aliphatic rings. The second-order valence-corrected chi connectivity index (χ2v) is 6.38. The lowest BCUT2D eigenvalue weighted by molar-refractivity contribution is -0.133. The van der Waals surface area contributed by atoms with Crippen molar-refractivity contribution in [1.82, 2.24) is 10.2 Å². The second-order valence-electron chi connectivity index (χ2n) is 4.18. The van der Waals surface area contributed by atoms with Crippen LogP contribution in [0.3, 0.4) is 0 Å². The van der Waals surface area contributed by atoms with Crippen molar-refractivity contribution in [3.05, 3.63) is 0 Å². The van der Waals surface area contributed by atoms with E-state index in [1.807, 2.05) is 0 Å². The largest absolute Gasteiger partial charge is 0.481 e. The SMILES string of the molecule is CC(Nc1nnc(SCC(=O)O)s1)C1CCC1. The van der Waals surface area contributed by atoms with Gasteiger partial charge >= 0.3 is 5.97 Å². The van der Waals surface area contributed by atoms with Gasteiger partial charge in [-0.15, -0.1) is 10.2 Å². The average molecular weight is 273 g/mol. The number of carboxylic acid groups (broad SMARTS) is 1. The van der Waals surface area contributed by atoms with Gasteiger partial charge in [0.15, 0.2) is 4.34 Å². The van der Waals surface area contributed by atoms with E-state index in [1.165, 1.54) is 42.4 Å². The first-order chi connectivity index (χ1) is 8.15. The molecule has 17 heavy (non-hydrogen) atoms. The first kappa shape index (κ1) is 12.6. The predicted octanol–water partition coefficient (Wildman–Crippen LogP) is 2.32. The van der Waals surface area contributed by atoms with Crippen LogP contribution in [0.4, 0.5) is 5.13 Å². The molecule has 0 aromatic carbocycles. The van der Waals surface area contributed by atoms with Gasteiger partial charge in [-0.25, -0.2) is 0 Å². The third-order valence-corrected chi connectivity index (χ3v) is 4.91. The van der Waals surface area contributed by atoms with Crippen LogP contribution in [-0.2, 0) is 4.79 Å². The highest BCUT2D eigenvalue weighted by Gasteiger charge is 2.24. The summed E-state index contributed by atoms with van der Waals surface area (Å²) < 4.78 is 0.704. The van der Waals surface area contributed by atoms with Crippen LogP contribution in [-0.4, -0.2) is 33.1 Å². The normalized spacial score (nSPS) is 17.5. The molecule has 0 bridgehead atoms. The molecule has 0 saturated heterocycles. The van der Waals surface area contributed by atoms with Gasteiger partial charge in [-0.2, -0.15) is 0 Å². The van der Waals surface area contributed by atoms with E-state index in [2.05, 4.69) is 22.4 Å². The topological polar surface area (TPSA) is 75.1 Å². The molecule has 7 heteroatoms. The van der Waals surface area contributed by atoms with Crippen LogP contribution >= 0.6 is 23.1 Å². The van der Waals surface area contributed by atoms with Crippen LogP contribution in [0.25, 0.3) is 0 Å². The van der Waals surface area contributed by atoms with Crippen LogP contribution in [0.1, 0.15) is 26.2 Å². The second kappa shape index (κ2) is 5.68. The summed E-state index contributed by atoms with van der Waals surface area (Å²) in [5, 5.41) is 20.7. The molecule has 0 radical (unpaired) electrons. The number of hydrogen-bond acceptors (Lipinski definition) is 6. The Kier molecular flexibility index (Phi) is 4.22. The number of anilines is 1. The smallest absolute Gasteiger partial charge is 0.313 e. The third-order valence-electron chi connectivity index (χ3n) is 2.93. The number of hydrogen-bond donors (Lipinski definition) is 2. The van der Waals surface area contributed by atoms with Crippen LogP contribution < -0.4 is 5.32 Å². The van der Waals surface area contributed by atoms with Gasteiger partial charge in [0.2, 0.25) is 5.13 Å². The molecule has 1 heterocycles. The highest BCUT2D eigenvalue weighted by atomic mass is 32.2. The Balaban J connectivity index is 1.82. The number of nitrogens with zero attached hydrogens (tertiary/aromatic N) is 2. The molecule has 0 aliphatic heterocycles. The molecular weight excluding hydrogens is 258 g/mol. The molecule has 0 spiro atoms. The molecule has 1 aromatic rings. The first-order valence-corrected chi connectivity index (χ1v) is 7.40. The van der Waals surface area contributed by atoms with Gasteiger partial charge in [0.05, 0.1) is 5.75 Å². The lowest BCUT2D eigenvalue weighted by Gasteiger charge is -2.31. The van der Waals surface area contributed by atoms with Gasteiger partial charge in [-0.05, 0) is 25.7 Å². The van der Waals surface area contributed by atoms with Crippen molar-refractivity contribution in [2.45, 2.75) is 36.6 Å². The summed E-state index contributed by atoms with van der Waals surface area (Å²) in [4.78, 5) is 10.4. The van der Waals surface area contributed by atoms with Crippen molar-refractivity contribution in [2.24, 2.45) is 5.92 Å². The maximum absolute atomic E-state index is 10.4. The van der Waals surface area contributed by atoms with E-state index < -0.39 is 5.97 Å². The fraction of sp³-hybridized carbons (Fsp3) is 0.700. The van der Waals surface area contributed by atoms with Gasteiger partial charge in [-0.3, -0.25) is 4.79 Å². The molecule has 0 amide bonds. The molecule has 1 saturated carbocycles. The highest BCUT2D eigenvalue weighted by Crippen LogP contribution is 2.32. The number of rotatable bonds is 6. The highest BCUT2D eigenvalue weighted by molar-refractivity contribution is 8.01. The van der Waals surface area contributed by atoms with Crippen molar-refractivity contribution < 1.29 is 9.90 Å². The zero-order valence-corrected chi connectivity index (χ0v) is 11.2. The van der Waals surface area contributed by atoms with E-state index in [9.17, 15) is 4.79 Å². The lowest BCUT2D eigenvalue weighted by atomic mass is 9.80. The maximum Gasteiger partial charge on any atom is 0.313 e. The Labute approximate surface area is 108 Å². The summed E-state index contributed by atoms with van der Waals surface area (Å²) in [6, 6.07) is 0.425.